The van der Waals surface area contributed by atoms with Crippen LogP contribution < -0.4 is 19.3 Å². The Morgan fingerprint density at radius 2 is 1.64 bits per heavy atom. The summed E-state index contributed by atoms with van der Waals surface area (Å²) in [4.78, 5) is 51.2. The standard InChI is InChI=1S/C48H51N5O5/c1-57-44-25-34(12-15-40(44)45-37-10-6-5-9-33(37)11-14-38(45)32-7-3-2-4-8-32)51-21-19-31(20-22-51)27-50-23-24-52-35(28-50)30-58-46-41-29-53(48(56)39(41)16-18-42(46)52)43-17-13-36(54)26-49-47(43)55/h2-10,12,15-16,18,25-26,31,35,38,43,45H,11,13-14,17,19-24,27-30H2,1H3/t35-,38+,43+,45+/m1/s1. The van der Waals surface area contributed by atoms with Gasteiger partial charge in [0.25, 0.3) is 11.8 Å². The number of piperidine rings is 1. The highest BCUT2D eigenvalue weighted by Crippen LogP contribution is 2.49. The first-order chi connectivity index (χ1) is 28.4. The molecular formula is C48H51N5O5. The molecule has 10 rings (SSSR count). The molecule has 4 aromatic rings. The van der Waals surface area contributed by atoms with Gasteiger partial charge in [-0.1, -0.05) is 60.7 Å². The number of carbonyl (C=O) groups is 3. The lowest BCUT2D eigenvalue weighted by atomic mass is 9.69. The average molecular weight is 778 g/mol. The van der Waals surface area contributed by atoms with E-state index in [1.807, 2.05) is 19.2 Å². The van der Waals surface area contributed by atoms with Crippen LogP contribution in [0.5, 0.6) is 11.5 Å². The maximum Gasteiger partial charge on any atom is 0.268 e. The van der Waals surface area contributed by atoms with Gasteiger partial charge in [0.1, 0.15) is 24.1 Å². The van der Waals surface area contributed by atoms with E-state index in [-0.39, 0.29) is 36.5 Å². The maximum absolute atomic E-state index is 13.5. The number of aliphatic imine (C=N–C) groups is 1. The van der Waals surface area contributed by atoms with Gasteiger partial charge in [0.05, 0.1) is 31.6 Å². The van der Waals surface area contributed by atoms with Gasteiger partial charge >= 0.3 is 0 Å². The van der Waals surface area contributed by atoms with E-state index < -0.39 is 11.9 Å². The average Bonchev–Trinajstić information content (AvgIpc) is 3.51. The van der Waals surface area contributed by atoms with E-state index in [4.69, 9.17) is 9.47 Å². The third kappa shape index (κ3) is 6.65. The molecule has 0 radical (unpaired) electrons. The van der Waals surface area contributed by atoms with Gasteiger partial charge in [0, 0.05) is 80.1 Å². The Morgan fingerprint density at radius 1 is 0.810 bits per heavy atom. The molecule has 2 amide bonds. The second-order valence-corrected chi connectivity index (χ2v) is 17.0. The number of ketones is 1. The van der Waals surface area contributed by atoms with Gasteiger partial charge in [-0.15, -0.1) is 0 Å². The lowest BCUT2D eigenvalue weighted by Gasteiger charge is -2.47. The van der Waals surface area contributed by atoms with Crippen LogP contribution in [-0.2, 0) is 22.6 Å². The highest BCUT2D eigenvalue weighted by Gasteiger charge is 2.42. The van der Waals surface area contributed by atoms with E-state index in [2.05, 4.69) is 92.5 Å². The summed E-state index contributed by atoms with van der Waals surface area (Å²) in [5, 5.41) is 0. The predicted octanol–water partition coefficient (Wildman–Crippen LogP) is 6.64. The molecule has 10 nitrogen and oxygen atoms in total. The molecule has 5 aliphatic heterocycles. The number of ether oxygens (including phenoxy) is 2. The van der Waals surface area contributed by atoms with Crippen molar-refractivity contribution in [2.24, 2.45) is 10.9 Å². The number of aryl methyl sites for hydroxylation is 1. The lowest BCUT2D eigenvalue weighted by molar-refractivity contribution is -0.122. The van der Waals surface area contributed by atoms with Gasteiger partial charge < -0.3 is 24.2 Å². The first-order valence-corrected chi connectivity index (χ1v) is 21.2. The molecule has 4 atom stereocenters. The van der Waals surface area contributed by atoms with E-state index in [0.29, 0.717) is 30.6 Å². The molecule has 0 N–H and O–H groups in total. The maximum atomic E-state index is 13.5. The Balaban J connectivity index is 0.776. The fraction of sp³-hybridized carbons (Fsp3) is 0.417. The normalized spacial score (nSPS) is 24.8. The number of amides is 2. The number of carbonyl (C=O) groups excluding carboxylic acids is 3. The minimum absolute atomic E-state index is 0.183. The largest absolute Gasteiger partial charge is 0.496 e. The summed E-state index contributed by atoms with van der Waals surface area (Å²) in [7, 11) is 1.82. The summed E-state index contributed by atoms with van der Waals surface area (Å²) in [6.07, 6.45) is 6.11. The fourth-order valence-corrected chi connectivity index (χ4v) is 10.8. The summed E-state index contributed by atoms with van der Waals surface area (Å²) in [5.74, 6) is 2.21. The molecule has 0 saturated carbocycles. The van der Waals surface area contributed by atoms with E-state index in [0.717, 1.165) is 93.9 Å². The van der Waals surface area contributed by atoms with Gasteiger partial charge in [0.2, 0.25) is 0 Å². The zero-order valence-corrected chi connectivity index (χ0v) is 33.2. The third-order valence-electron chi connectivity index (χ3n) is 13.8. The molecule has 4 aromatic carbocycles. The van der Waals surface area contributed by atoms with Crippen molar-refractivity contribution in [1.29, 1.82) is 0 Å². The predicted molar refractivity (Wildman–Crippen MR) is 225 cm³/mol. The number of Topliss-reactive ketones (excluding diaryl/α,β-unsaturated/α-hetero) is 1. The Bertz CT molecular complexity index is 2270. The van der Waals surface area contributed by atoms with Crippen molar-refractivity contribution < 1.29 is 23.9 Å². The molecule has 2 fully saturated rings. The number of fused-ring (bicyclic) bond motifs is 6. The molecular weight excluding hydrogens is 727 g/mol. The first kappa shape index (κ1) is 36.8. The SMILES string of the molecule is COc1cc(N2CCC(CN3CCN4c5ccc6c(c5OC[C@H]4C3)CN([C@H]3CCC(=O)C=NC3=O)C6=O)CC2)ccc1[C@H]1c2ccccc2CC[C@H]1c1ccccc1. The number of nitrogens with zero attached hydrogens (tertiary/aromatic N) is 5. The summed E-state index contributed by atoms with van der Waals surface area (Å²) < 4.78 is 12.7. The Labute approximate surface area is 340 Å². The van der Waals surface area contributed by atoms with Crippen LogP contribution in [0.1, 0.15) is 82.1 Å². The summed E-state index contributed by atoms with van der Waals surface area (Å²) in [6, 6.07) is 30.3. The van der Waals surface area contributed by atoms with Crippen LogP contribution >= 0.6 is 0 Å². The van der Waals surface area contributed by atoms with Crippen LogP contribution in [0, 0.1) is 5.92 Å². The number of anilines is 2. The molecule has 0 aromatic heterocycles. The topological polar surface area (TPSA) is 95.0 Å². The Hall–Kier alpha value is -5.48. The van der Waals surface area contributed by atoms with Gasteiger partial charge in [-0.3, -0.25) is 19.3 Å². The number of rotatable bonds is 7. The molecule has 298 valence electrons. The summed E-state index contributed by atoms with van der Waals surface area (Å²) >= 11 is 0. The van der Waals surface area contributed by atoms with Crippen molar-refractivity contribution in [3.63, 3.8) is 0 Å². The van der Waals surface area contributed by atoms with Crippen LogP contribution in [-0.4, -0.2) is 98.7 Å². The van der Waals surface area contributed by atoms with Gasteiger partial charge in [0.15, 0.2) is 5.78 Å². The van der Waals surface area contributed by atoms with Crippen molar-refractivity contribution in [1.82, 2.24) is 9.80 Å². The van der Waals surface area contributed by atoms with Crippen LogP contribution in [0.4, 0.5) is 11.4 Å². The second kappa shape index (κ2) is 15.4. The molecule has 0 spiro atoms. The number of methoxy groups -OCH3 is 1. The molecule has 0 bridgehead atoms. The van der Waals surface area contributed by atoms with Gasteiger partial charge in [-0.05, 0) is 78.8 Å². The lowest BCUT2D eigenvalue weighted by Crippen LogP contribution is -2.58. The smallest absolute Gasteiger partial charge is 0.268 e. The van der Waals surface area contributed by atoms with E-state index in [1.165, 1.54) is 27.9 Å². The molecule has 1 aliphatic carbocycles. The summed E-state index contributed by atoms with van der Waals surface area (Å²) in [6.45, 7) is 6.82. The zero-order valence-electron chi connectivity index (χ0n) is 33.2. The Kier molecular flexibility index (Phi) is 9.76. The number of piperazine rings is 1. The van der Waals surface area contributed by atoms with Gasteiger partial charge in [-0.2, -0.15) is 0 Å². The molecule has 2 saturated heterocycles. The molecule has 6 aliphatic rings. The molecule has 10 heteroatoms. The molecule has 5 heterocycles. The third-order valence-corrected chi connectivity index (χ3v) is 13.8. The first-order valence-electron chi connectivity index (χ1n) is 21.2. The monoisotopic (exact) mass is 777 g/mol. The quantitative estimate of drug-likeness (QED) is 0.206. The summed E-state index contributed by atoms with van der Waals surface area (Å²) in [5.41, 5.74) is 9.23. The van der Waals surface area contributed by atoms with Crippen molar-refractivity contribution >= 4 is 35.2 Å². The Morgan fingerprint density at radius 3 is 2.48 bits per heavy atom. The van der Waals surface area contributed by atoms with Crippen LogP contribution in [0.3, 0.4) is 0 Å². The number of hydrogen-bond acceptors (Lipinski definition) is 8. The minimum atomic E-state index is -0.730. The van der Waals surface area contributed by atoms with E-state index in [1.54, 1.807) is 4.90 Å². The van der Waals surface area contributed by atoms with Crippen LogP contribution in [0.25, 0.3) is 0 Å². The van der Waals surface area contributed by atoms with Gasteiger partial charge in [-0.25, -0.2) is 4.99 Å². The molecule has 58 heavy (non-hydrogen) atoms. The van der Waals surface area contributed by atoms with Crippen molar-refractivity contribution in [3.05, 3.63) is 118 Å². The number of hydrogen-bond donors (Lipinski definition) is 0. The highest BCUT2D eigenvalue weighted by atomic mass is 16.5. The van der Waals surface area contributed by atoms with E-state index >= 15 is 0 Å². The van der Waals surface area contributed by atoms with Crippen molar-refractivity contribution in [2.45, 2.75) is 69.0 Å². The van der Waals surface area contributed by atoms with Crippen LogP contribution in [0.2, 0.25) is 0 Å². The highest BCUT2D eigenvalue weighted by molar-refractivity contribution is 6.30. The number of benzene rings is 4. The fourth-order valence-electron chi connectivity index (χ4n) is 10.8. The second-order valence-electron chi connectivity index (χ2n) is 17.0. The van der Waals surface area contributed by atoms with Crippen LogP contribution in [0.15, 0.2) is 89.9 Å². The van der Waals surface area contributed by atoms with Crippen molar-refractivity contribution in [2.75, 3.05) is 62.8 Å². The van der Waals surface area contributed by atoms with Crippen molar-refractivity contribution in [3.8, 4) is 11.5 Å². The zero-order chi connectivity index (χ0) is 39.3. The van der Waals surface area contributed by atoms with E-state index in [9.17, 15) is 14.4 Å². The molecule has 0 unspecified atom stereocenters. The minimum Gasteiger partial charge on any atom is -0.496 e.